The number of ketones is 1. The Bertz CT molecular complexity index is 594. The van der Waals surface area contributed by atoms with Crippen molar-refractivity contribution in [2.24, 2.45) is 5.41 Å². The Kier molecular flexibility index (Phi) is 3.67. The predicted octanol–water partition coefficient (Wildman–Crippen LogP) is 3.16. The first kappa shape index (κ1) is 13.7. The Balaban J connectivity index is 2.31. The average Bonchev–Trinajstić information content (AvgIpc) is 2.73. The minimum absolute atomic E-state index is 0.0145. The van der Waals surface area contributed by atoms with Crippen LogP contribution in [0.25, 0.3) is 0 Å². The van der Waals surface area contributed by atoms with Crippen LogP contribution < -0.4 is 0 Å². The maximum absolute atomic E-state index is 11.9. The number of nitro benzene ring substituents is 1. The van der Waals surface area contributed by atoms with Gasteiger partial charge in [0.05, 0.1) is 11.0 Å². The highest BCUT2D eigenvalue weighted by molar-refractivity contribution is 9.10. The summed E-state index contributed by atoms with van der Waals surface area (Å²) in [5, 5.41) is 19.9. The summed E-state index contributed by atoms with van der Waals surface area (Å²) in [5.74, 6) is -0.0275. The molecular formula is C13H11BrN2O3. The SMILES string of the molecule is N#CC1(Cc2ccc([N+](=O)[O-])cc2Br)CCCC1=O. The molecule has 19 heavy (non-hydrogen) atoms. The first-order valence-corrected chi connectivity index (χ1v) is 6.65. The van der Waals surface area contributed by atoms with Gasteiger partial charge in [0, 0.05) is 23.0 Å². The van der Waals surface area contributed by atoms with Crippen LogP contribution in [0.1, 0.15) is 24.8 Å². The number of carbonyl (C=O) groups is 1. The van der Waals surface area contributed by atoms with Crippen LogP contribution in [0.4, 0.5) is 5.69 Å². The van der Waals surface area contributed by atoms with Gasteiger partial charge in [0.1, 0.15) is 5.41 Å². The Hall–Kier alpha value is -1.74. The van der Waals surface area contributed by atoms with Gasteiger partial charge in [-0.1, -0.05) is 22.0 Å². The number of hydrogen-bond acceptors (Lipinski definition) is 4. The molecule has 1 aromatic carbocycles. The molecule has 1 atom stereocenters. The Morgan fingerprint density at radius 2 is 2.26 bits per heavy atom. The van der Waals surface area contributed by atoms with Crippen LogP contribution in [0.3, 0.4) is 0 Å². The van der Waals surface area contributed by atoms with Crippen LogP contribution >= 0.6 is 15.9 Å². The van der Waals surface area contributed by atoms with Gasteiger partial charge in [-0.3, -0.25) is 14.9 Å². The highest BCUT2D eigenvalue weighted by Gasteiger charge is 2.42. The number of nitro groups is 1. The van der Waals surface area contributed by atoms with Gasteiger partial charge in [0.2, 0.25) is 0 Å². The van der Waals surface area contributed by atoms with Gasteiger partial charge in [0.25, 0.3) is 5.69 Å². The lowest BCUT2D eigenvalue weighted by Crippen LogP contribution is -2.26. The zero-order valence-corrected chi connectivity index (χ0v) is 11.6. The molecule has 0 aromatic heterocycles. The van der Waals surface area contributed by atoms with Crippen LogP contribution in [0.5, 0.6) is 0 Å². The lowest BCUT2D eigenvalue weighted by atomic mass is 9.81. The van der Waals surface area contributed by atoms with Crippen LogP contribution in [-0.2, 0) is 11.2 Å². The van der Waals surface area contributed by atoms with E-state index in [1.807, 2.05) is 0 Å². The number of nitriles is 1. The molecule has 0 N–H and O–H groups in total. The molecule has 0 aliphatic heterocycles. The standard InChI is InChI=1S/C13H11BrN2O3/c14-11-6-10(16(18)19)4-3-9(11)7-13(8-15)5-1-2-12(13)17/h3-4,6H,1-2,5,7H2. The van der Waals surface area contributed by atoms with Crippen molar-refractivity contribution in [1.82, 2.24) is 0 Å². The summed E-state index contributed by atoms with van der Waals surface area (Å²) in [5.41, 5.74) is -0.222. The van der Waals surface area contributed by atoms with E-state index in [4.69, 9.17) is 0 Å². The summed E-state index contributed by atoms with van der Waals surface area (Å²) in [6.07, 6.45) is 2.04. The molecule has 1 aliphatic rings. The van der Waals surface area contributed by atoms with E-state index in [1.165, 1.54) is 12.1 Å². The van der Waals surface area contributed by atoms with Gasteiger partial charge in [-0.25, -0.2) is 0 Å². The molecule has 1 fully saturated rings. The Morgan fingerprint density at radius 3 is 2.74 bits per heavy atom. The molecule has 1 unspecified atom stereocenters. The van der Waals surface area contributed by atoms with Crippen molar-refractivity contribution in [3.63, 3.8) is 0 Å². The highest BCUT2D eigenvalue weighted by atomic mass is 79.9. The topological polar surface area (TPSA) is 84.0 Å². The average molecular weight is 323 g/mol. The van der Waals surface area contributed by atoms with Crippen LogP contribution in [0.15, 0.2) is 22.7 Å². The quantitative estimate of drug-likeness (QED) is 0.632. The molecule has 6 heteroatoms. The number of benzene rings is 1. The van der Waals surface area contributed by atoms with Gasteiger partial charge in [0.15, 0.2) is 5.78 Å². The molecule has 0 radical (unpaired) electrons. The lowest BCUT2D eigenvalue weighted by Gasteiger charge is -2.19. The van der Waals surface area contributed by atoms with E-state index in [2.05, 4.69) is 22.0 Å². The monoisotopic (exact) mass is 322 g/mol. The number of halogens is 1. The molecule has 0 amide bonds. The molecule has 98 valence electrons. The highest BCUT2D eigenvalue weighted by Crippen LogP contribution is 2.39. The second kappa shape index (κ2) is 5.10. The van der Waals surface area contributed by atoms with Crippen molar-refractivity contribution in [2.75, 3.05) is 0 Å². The van der Waals surface area contributed by atoms with E-state index in [9.17, 15) is 20.2 Å². The van der Waals surface area contributed by atoms with Crippen LogP contribution in [0.2, 0.25) is 0 Å². The third kappa shape index (κ3) is 2.51. The molecule has 1 aromatic rings. The second-order valence-corrected chi connectivity index (χ2v) is 5.53. The van der Waals surface area contributed by atoms with Crippen LogP contribution in [0, 0.1) is 26.9 Å². The zero-order chi connectivity index (χ0) is 14.0. The number of non-ortho nitro benzene ring substituents is 1. The minimum atomic E-state index is -0.960. The fourth-order valence-electron chi connectivity index (χ4n) is 2.39. The molecular weight excluding hydrogens is 312 g/mol. The Labute approximate surface area is 118 Å². The van der Waals surface area contributed by atoms with E-state index >= 15 is 0 Å². The zero-order valence-electron chi connectivity index (χ0n) is 10.1. The van der Waals surface area contributed by atoms with Crippen molar-refractivity contribution in [2.45, 2.75) is 25.7 Å². The largest absolute Gasteiger partial charge is 0.298 e. The van der Waals surface area contributed by atoms with Crippen molar-refractivity contribution < 1.29 is 9.72 Å². The molecule has 0 heterocycles. The fourth-order valence-corrected chi connectivity index (χ4v) is 2.90. The number of rotatable bonds is 3. The van der Waals surface area contributed by atoms with Gasteiger partial charge < -0.3 is 0 Å². The predicted molar refractivity (Wildman–Crippen MR) is 71.4 cm³/mol. The number of hydrogen-bond donors (Lipinski definition) is 0. The second-order valence-electron chi connectivity index (χ2n) is 4.68. The summed E-state index contributed by atoms with van der Waals surface area (Å²) >= 11 is 3.27. The first-order chi connectivity index (χ1) is 8.98. The molecule has 0 saturated heterocycles. The number of Topliss-reactive ketones (excluding diaryl/α,β-unsaturated/α-hetero) is 1. The fraction of sp³-hybridized carbons (Fsp3) is 0.385. The van der Waals surface area contributed by atoms with E-state index in [0.717, 1.165) is 12.0 Å². The molecule has 2 rings (SSSR count). The smallest absolute Gasteiger partial charge is 0.270 e. The van der Waals surface area contributed by atoms with Crippen molar-refractivity contribution in [3.05, 3.63) is 38.3 Å². The summed E-state index contributed by atoms with van der Waals surface area (Å²) in [4.78, 5) is 22.1. The molecule has 0 spiro atoms. The third-order valence-electron chi connectivity index (χ3n) is 3.49. The number of carbonyl (C=O) groups excluding carboxylic acids is 1. The Morgan fingerprint density at radius 1 is 1.53 bits per heavy atom. The minimum Gasteiger partial charge on any atom is -0.298 e. The van der Waals surface area contributed by atoms with Gasteiger partial charge in [-0.05, 0) is 24.8 Å². The van der Waals surface area contributed by atoms with Crippen molar-refractivity contribution >= 4 is 27.4 Å². The summed E-state index contributed by atoms with van der Waals surface area (Å²) in [6, 6.07) is 6.54. The van der Waals surface area contributed by atoms with E-state index in [0.29, 0.717) is 23.7 Å². The summed E-state index contributed by atoms with van der Waals surface area (Å²) in [7, 11) is 0. The van der Waals surface area contributed by atoms with Gasteiger partial charge >= 0.3 is 0 Å². The molecule has 1 aliphatic carbocycles. The lowest BCUT2D eigenvalue weighted by molar-refractivity contribution is -0.384. The maximum Gasteiger partial charge on any atom is 0.270 e. The molecule has 5 nitrogen and oxygen atoms in total. The first-order valence-electron chi connectivity index (χ1n) is 5.86. The summed E-state index contributed by atoms with van der Waals surface area (Å²) < 4.78 is 0.566. The van der Waals surface area contributed by atoms with Gasteiger partial charge in [-0.2, -0.15) is 5.26 Å². The normalized spacial score (nSPS) is 22.2. The molecule has 0 bridgehead atoms. The number of nitrogens with zero attached hydrogens (tertiary/aromatic N) is 2. The van der Waals surface area contributed by atoms with E-state index in [1.54, 1.807) is 6.07 Å². The van der Waals surface area contributed by atoms with Gasteiger partial charge in [-0.15, -0.1) is 0 Å². The van der Waals surface area contributed by atoms with Crippen molar-refractivity contribution in [1.29, 1.82) is 5.26 Å². The maximum atomic E-state index is 11.9. The van der Waals surface area contributed by atoms with Crippen molar-refractivity contribution in [3.8, 4) is 6.07 Å². The van der Waals surface area contributed by atoms with E-state index < -0.39 is 10.3 Å². The third-order valence-corrected chi connectivity index (χ3v) is 4.23. The molecule has 1 saturated carbocycles. The summed E-state index contributed by atoms with van der Waals surface area (Å²) in [6.45, 7) is 0. The van der Waals surface area contributed by atoms with Crippen LogP contribution in [-0.4, -0.2) is 10.7 Å². The van der Waals surface area contributed by atoms with E-state index in [-0.39, 0.29) is 11.5 Å².